The largest absolute Gasteiger partial charge is 0.348 e. The Labute approximate surface area is 110 Å². The summed E-state index contributed by atoms with van der Waals surface area (Å²) in [6.45, 7) is 8.59. The number of carbonyl (C=O) groups excluding carboxylic acids is 1. The number of carbonyl (C=O) groups is 1. The molecule has 0 aliphatic rings. The van der Waals surface area contributed by atoms with Gasteiger partial charge in [-0.3, -0.25) is 4.79 Å². The van der Waals surface area contributed by atoms with Gasteiger partial charge in [-0.15, -0.1) is 0 Å². The molecule has 0 saturated heterocycles. The van der Waals surface area contributed by atoms with Gasteiger partial charge in [-0.1, -0.05) is 50.6 Å². The number of nitrogens with one attached hydrogen (secondary N) is 2. The maximum Gasteiger partial charge on any atom is 0.234 e. The third-order valence-electron chi connectivity index (χ3n) is 2.89. The van der Waals surface area contributed by atoms with Crippen molar-refractivity contribution in [3.8, 4) is 0 Å². The summed E-state index contributed by atoms with van der Waals surface area (Å²) in [5, 5.41) is 6.18. The number of hydrogen-bond donors (Lipinski definition) is 2. The number of rotatable bonds is 6. The highest BCUT2D eigenvalue weighted by atomic mass is 16.1. The molecule has 0 aromatic heterocycles. The SMILES string of the molecule is CCC(NC(=O)CNC(C)C)c1ccc(C)cc1. The second-order valence-electron chi connectivity index (χ2n) is 4.97. The van der Waals surface area contributed by atoms with Crippen molar-refractivity contribution in [2.75, 3.05) is 6.54 Å². The van der Waals surface area contributed by atoms with Crippen LogP contribution in [0, 0.1) is 6.92 Å². The van der Waals surface area contributed by atoms with E-state index in [-0.39, 0.29) is 11.9 Å². The number of benzene rings is 1. The van der Waals surface area contributed by atoms with Crippen LogP contribution >= 0.6 is 0 Å². The Bertz CT molecular complexity index is 371. The topological polar surface area (TPSA) is 41.1 Å². The van der Waals surface area contributed by atoms with E-state index in [1.54, 1.807) is 0 Å². The highest BCUT2D eigenvalue weighted by Crippen LogP contribution is 2.16. The molecule has 3 nitrogen and oxygen atoms in total. The predicted molar refractivity (Wildman–Crippen MR) is 75.5 cm³/mol. The second kappa shape index (κ2) is 7.17. The summed E-state index contributed by atoms with van der Waals surface area (Å²) in [4.78, 5) is 11.8. The molecule has 1 atom stereocenters. The van der Waals surface area contributed by atoms with Gasteiger partial charge in [-0.05, 0) is 18.9 Å². The van der Waals surface area contributed by atoms with Crippen LogP contribution in [0.5, 0.6) is 0 Å². The Balaban J connectivity index is 2.56. The zero-order chi connectivity index (χ0) is 13.5. The number of aryl methyl sites for hydroxylation is 1. The first-order valence-corrected chi connectivity index (χ1v) is 6.62. The minimum atomic E-state index is 0.0520. The highest BCUT2D eigenvalue weighted by Gasteiger charge is 2.12. The molecule has 1 rings (SSSR count). The molecule has 0 heterocycles. The Hall–Kier alpha value is -1.35. The van der Waals surface area contributed by atoms with Gasteiger partial charge in [-0.25, -0.2) is 0 Å². The molecule has 0 bridgehead atoms. The van der Waals surface area contributed by atoms with E-state index in [4.69, 9.17) is 0 Å². The van der Waals surface area contributed by atoms with Crippen LogP contribution in [0.2, 0.25) is 0 Å². The van der Waals surface area contributed by atoms with Gasteiger partial charge in [-0.2, -0.15) is 0 Å². The van der Waals surface area contributed by atoms with Crippen LogP contribution in [-0.2, 0) is 4.79 Å². The van der Waals surface area contributed by atoms with E-state index >= 15 is 0 Å². The van der Waals surface area contributed by atoms with Crippen LogP contribution in [0.4, 0.5) is 0 Å². The van der Waals surface area contributed by atoms with Crippen molar-refractivity contribution in [2.45, 2.75) is 46.2 Å². The maximum absolute atomic E-state index is 11.8. The van der Waals surface area contributed by atoms with Gasteiger partial charge < -0.3 is 10.6 Å². The predicted octanol–water partition coefficient (Wildman–Crippen LogP) is 2.56. The molecule has 0 spiro atoms. The smallest absolute Gasteiger partial charge is 0.234 e. The molecular formula is C15H24N2O. The summed E-state index contributed by atoms with van der Waals surface area (Å²) in [5.74, 6) is 0.0520. The molecule has 2 N–H and O–H groups in total. The van der Waals surface area contributed by atoms with E-state index in [1.807, 2.05) is 13.8 Å². The normalized spacial score (nSPS) is 12.5. The molecule has 18 heavy (non-hydrogen) atoms. The minimum absolute atomic E-state index is 0.0520. The van der Waals surface area contributed by atoms with Crippen molar-refractivity contribution in [1.82, 2.24) is 10.6 Å². The van der Waals surface area contributed by atoms with Crippen LogP contribution in [0.15, 0.2) is 24.3 Å². The van der Waals surface area contributed by atoms with E-state index in [0.717, 1.165) is 6.42 Å². The monoisotopic (exact) mass is 248 g/mol. The molecule has 100 valence electrons. The Morgan fingerprint density at radius 2 is 1.83 bits per heavy atom. The maximum atomic E-state index is 11.8. The van der Waals surface area contributed by atoms with E-state index in [9.17, 15) is 4.79 Å². The van der Waals surface area contributed by atoms with Gasteiger partial charge in [0, 0.05) is 6.04 Å². The quantitative estimate of drug-likeness (QED) is 0.812. The lowest BCUT2D eigenvalue weighted by Crippen LogP contribution is -2.38. The molecule has 1 aromatic carbocycles. The Morgan fingerprint density at radius 3 is 2.33 bits per heavy atom. The highest BCUT2D eigenvalue weighted by molar-refractivity contribution is 5.78. The van der Waals surface area contributed by atoms with Crippen molar-refractivity contribution >= 4 is 5.91 Å². The lowest BCUT2D eigenvalue weighted by molar-refractivity contribution is -0.121. The molecule has 3 heteroatoms. The van der Waals surface area contributed by atoms with E-state index in [0.29, 0.717) is 12.6 Å². The molecule has 0 radical (unpaired) electrons. The molecule has 1 amide bonds. The number of amides is 1. The average Bonchev–Trinajstić information content (AvgIpc) is 2.34. The van der Waals surface area contributed by atoms with Crippen molar-refractivity contribution in [1.29, 1.82) is 0 Å². The molecule has 0 saturated carbocycles. The summed E-state index contributed by atoms with van der Waals surface area (Å²) < 4.78 is 0. The Kier molecular flexibility index (Phi) is 5.86. The minimum Gasteiger partial charge on any atom is -0.348 e. The van der Waals surface area contributed by atoms with E-state index in [2.05, 4.69) is 48.7 Å². The van der Waals surface area contributed by atoms with Gasteiger partial charge >= 0.3 is 0 Å². The summed E-state index contributed by atoms with van der Waals surface area (Å²) in [6, 6.07) is 8.76. The average molecular weight is 248 g/mol. The van der Waals surface area contributed by atoms with E-state index < -0.39 is 0 Å². The first-order chi connectivity index (χ1) is 8.52. The summed E-state index contributed by atoms with van der Waals surface area (Å²) in [7, 11) is 0. The fraction of sp³-hybridized carbons (Fsp3) is 0.533. The molecule has 1 aromatic rings. The molecular weight excluding hydrogens is 224 g/mol. The van der Waals surface area contributed by atoms with Gasteiger partial charge in [0.2, 0.25) is 5.91 Å². The van der Waals surface area contributed by atoms with Crippen LogP contribution in [-0.4, -0.2) is 18.5 Å². The van der Waals surface area contributed by atoms with Gasteiger partial charge in [0.05, 0.1) is 12.6 Å². The second-order valence-corrected chi connectivity index (χ2v) is 4.97. The standard InChI is InChI=1S/C15H24N2O/c1-5-14(13-8-6-12(4)7-9-13)17-15(18)10-16-11(2)3/h6-9,11,14,16H,5,10H2,1-4H3,(H,17,18). The third-order valence-corrected chi connectivity index (χ3v) is 2.89. The van der Waals surface area contributed by atoms with E-state index in [1.165, 1.54) is 11.1 Å². The van der Waals surface area contributed by atoms with Crippen LogP contribution in [0.1, 0.15) is 44.4 Å². The summed E-state index contributed by atoms with van der Waals surface area (Å²) in [5.41, 5.74) is 2.41. The number of hydrogen-bond acceptors (Lipinski definition) is 2. The van der Waals surface area contributed by atoms with Crippen LogP contribution < -0.4 is 10.6 Å². The molecule has 0 aliphatic carbocycles. The first kappa shape index (κ1) is 14.7. The summed E-state index contributed by atoms with van der Waals surface area (Å²) in [6.07, 6.45) is 0.899. The lowest BCUT2D eigenvalue weighted by atomic mass is 10.0. The molecule has 0 fully saturated rings. The van der Waals surface area contributed by atoms with Gasteiger partial charge in [0.15, 0.2) is 0 Å². The van der Waals surface area contributed by atoms with Crippen LogP contribution in [0.3, 0.4) is 0 Å². The zero-order valence-electron chi connectivity index (χ0n) is 11.8. The fourth-order valence-electron chi connectivity index (χ4n) is 1.76. The Morgan fingerprint density at radius 1 is 1.22 bits per heavy atom. The van der Waals surface area contributed by atoms with Crippen molar-refractivity contribution in [2.24, 2.45) is 0 Å². The van der Waals surface area contributed by atoms with Crippen molar-refractivity contribution in [3.63, 3.8) is 0 Å². The molecule has 1 unspecified atom stereocenters. The fourth-order valence-corrected chi connectivity index (χ4v) is 1.76. The lowest BCUT2D eigenvalue weighted by Gasteiger charge is -2.18. The van der Waals surface area contributed by atoms with Gasteiger partial charge in [0.1, 0.15) is 0 Å². The first-order valence-electron chi connectivity index (χ1n) is 6.62. The van der Waals surface area contributed by atoms with Gasteiger partial charge in [0.25, 0.3) is 0 Å². The zero-order valence-corrected chi connectivity index (χ0v) is 11.8. The third kappa shape index (κ3) is 4.88. The molecule has 0 aliphatic heterocycles. The van der Waals surface area contributed by atoms with Crippen LogP contribution in [0.25, 0.3) is 0 Å². The van der Waals surface area contributed by atoms with Crippen molar-refractivity contribution in [3.05, 3.63) is 35.4 Å². The summed E-state index contributed by atoms with van der Waals surface area (Å²) >= 11 is 0. The van der Waals surface area contributed by atoms with Crippen molar-refractivity contribution < 1.29 is 4.79 Å².